The van der Waals surface area contributed by atoms with E-state index in [1.165, 1.54) is 6.07 Å². The van der Waals surface area contributed by atoms with E-state index in [2.05, 4.69) is 0 Å². The Kier molecular flexibility index (Phi) is 4.06. The fourth-order valence-corrected chi connectivity index (χ4v) is 2.30. The summed E-state index contributed by atoms with van der Waals surface area (Å²) < 4.78 is 38.1. The number of alkyl halides is 3. The van der Waals surface area contributed by atoms with Crippen LogP contribution >= 0.6 is 11.6 Å². The van der Waals surface area contributed by atoms with E-state index in [0.29, 0.717) is 16.1 Å². The molecule has 0 bridgehead atoms. The molecular formula is C15H13ClF3N. The lowest BCUT2D eigenvalue weighted by Gasteiger charge is -2.12. The van der Waals surface area contributed by atoms with E-state index >= 15 is 0 Å². The second kappa shape index (κ2) is 5.46. The smallest absolute Gasteiger partial charge is 0.324 e. The Balaban J connectivity index is 2.45. The van der Waals surface area contributed by atoms with Gasteiger partial charge in [-0.25, -0.2) is 0 Å². The van der Waals surface area contributed by atoms with E-state index in [1.54, 1.807) is 31.2 Å². The minimum Gasteiger partial charge on any atom is -0.324 e. The van der Waals surface area contributed by atoms with E-state index < -0.39 is 11.7 Å². The summed E-state index contributed by atoms with van der Waals surface area (Å²) in [7, 11) is 0. The van der Waals surface area contributed by atoms with Gasteiger partial charge in [0.05, 0.1) is 5.56 Å². The molecule has 0 aliphatic heterocycles. The summed E-state index contributed by atoms with van der Waals surface area (Å²) in [4.78, 5) is 0. The van der Waals surface area contributed by atoms with Crippen molar-refractivity contribution in [2.75, 3.05) is 0 Å². The van der Waals surface area contributed by atoms with Crippen LogP contribution in [-0.2, 0) is 6.18 Å². The third-order valence-electron chi connectivity index (χ3n) is 3.01. The minimum atomic E-state index is -4.36. The Morgan fingerprint density at radius 1 is 1.05 bits per heavy atom. The molecule has 0 radical (unpaired) electrons. The summed E-state index contributed by atoms with van der Waals surface area (Å²) in [5.41, 5.74) is 6.94. The molecule has 1 nitrogen and oxygen atoms in total. The van der Waals surface area contributed by atoms with Crippen LogP contribution in [0.1, 0.15) is 24.1 Å². The molecule has 0 saturated heterocycles. The summed E-state index contributed by atoms with van der Waals surface area (Å²) in [6.07, 6.45) is -4.36. The van der Waals surface area contributed by atoms with Gasteiger partial charge in [0.25, 0.3) is 0 Å². The number of rotatable bonds is 2. The van der Waals surface area contributed by atoms with Crippen molar-refractivity contribution in [3.8, 4) is 11.1 Å². The summed E-state index contributed by atoms with van der Waals surface area (Å²) >= 11 is 6.10. The molecule has 5 heteroatoms. The van der Waals surface area contributed by atoms with Gasteiger partial charge in [0, 0.05) is 11.1 Å². The molecule has 1 atom stereocenters. The van der Waals surface area contributed by atoms with E-state index in [-0.39, 0.29) is 6.04 Å². The molecule has 0 saturated carbocycles. The van der Waals surface area contributed by atoms with Crippen molar-refractivity contribution >= 4 is 11.6 Å². The summed E-state index contributed by atoms with van der Waals surface area (Å²) in [6, 6.07) is 10.0. The van der Waals surface area contributed by atoms with Gasteiger partial charge in [-0.2, -0.15) is 13.2 Å². The molecule has 2 rings (SSSR count). The summed E-state index contributed by atoms with van der Waals surface area (Å²) in [5, 5.41) is 0.454. The van der Waals surface area contributed by atoms with Crippen molar-refractivity contribution in [2.45, 2.75) is 19.1 Å². The molecule has 2 aromatic rings. The molecule has 2 N–H and O–H groups in total. The van der Waals surface area contributed by atoms with Crippen molar-refractivity contribution in [3.05, 3.63) is 58.6 Å². The highest BCUT2D eigenvalue weighted by molar-refractivity contribution is 6.31. The van der Waals surface area contributed by atoms with Crippen LogP contribution in [0.2, 0.25) is 5.02 Å². The topological polar surface area (TPSA) is 26.0 Å². The average molecular weight is 300 g/mol. The van der Waals surface area contributed by atoms with Gasteiger partial charge in [-0.05, 0) is 41.8 Å². The van der Waals surface area contributed by atoms with E-state index in [9.17, 15) is 13.2 Å². The number of hydrogen-bond donors (Lipinski definition) is 1. The zero-order valence-corrected chi connectivity index (χ0v) is 11.5. The first-order chi connectivity index (χ1) is 9.29. The van der Waals surface area contributed by atoms with Crippen LogP contribution in [0.25, 0.3) is 11.1 Å². The van der Waals surface area contributed by atoms with Crippen molar-refractivity contribution in [1.29, 1.82) is 0 Å². The molecule has 0 amide bonds. The highest BCUT2D eigenvalue weighted by atomic mass is 35.5. The Hall–Kier alpha value is -1.52. The third kappa shape index (κ3) is 3.14. The molecule has 0 aliphatic carbocycles. The van der Waals surface area contributed by atoms with Crippen molar-refractivity contribution in [2.24, 2.45) is 5.73 Å². The number of benzene rings is 2. The molecule has 2 aromatic carbocycles. The van der Waals surface area contributed by atoms with E-state index in [0.717, 1.165) is 17.7 Å². The lowest BCUT2D eigenvalue weighted by atomic mass is 10.00. The van der Waals surface area contributed by atoms with Crippen LogP contribution in [0.4, 0.5) is 13.2 Å². The van der Waals surface area contributed by atoms with Gasteiger partial charge in [-0.3, -0.25) is 0 Å². The molecule has 106 valence electrons. The quantitative estimate of drug-likeness (QED) is 0.825. The Morgan fingerprint density at radius 2 is 1.70 bits per heavy atom. The van der Waals surface area contributed by atoms with Gasteiger partial charge in [0.2, 0.25) is 0 Å². The summed E-state index contributed by atoms with van der Waals surface area (Å²) in [5.74, 6) is 0. The molecule has 0 aliphatic rings. The molecule has 0 fully saturated rings. The Labute approximate surface area is 120 Å². The third-order valence-corrected chi connectivity index (χ3v) is 3.34. The van der Waals surface area contributed by atoms with Crippen LogP contribution in [0.5, 0.6) is 0 Å². The zero-order valence-electron chi connectivity index (χ0n) is 10.7. The second-order valence-electron chi connectivity index (χ2n) is 4.60. The van der Waals surface area contributed by atoms with Crippen LogP contribution in [-0.4, -0.2) is 0 Å². The molecule has 20 heavy (non-hydrogen) atoms. The first-order valence-electron chi connectivity index (χ1n) is 6.01. The van der Waals surface area contributed by atoms with Crippen molar-refractivity contribution < 1.29 is 13.2 Å². The SMILES string of the molecule is CC(N)c1ccc(-c2cccc(C(F)(F)F)c2)cc1Cl. The average Bonchev–Trinajstić information content (AvgIpc) is 2.37. The molecule has 0 heterocycles. The Morgan fingerprint density at radius 3 is 2.25 bits per heavy atom. The predicted octanol–water partition coefficient (Wildman–Crippen LogP) is 5.05. The van der Waals surface area contributed by atoms with Gasteiger partial charge in [0.15, 0.2) is 0 Å². The van der Waals surface area contributed by atoms with Crippen molar-refractivity contribution in [1.82, 2.24) is 0 Å². The van der Waals surface area contributed by atoms with Gasteiger partial charge >= 0.3 is 6.18 Å². The number of halogens is 4. The van der Waals surface area contributed by atoms with E-state index in [1.807, 2.05) is 0 Å². The normalized spacial score (nSPS) is 13.3. The molecular weight excluding hydrogens is 287 g/mol. The first kappa shape index (κ1) is 14.9. The Bertz CT molecular complexity index is 621. The maximum Gasteiger partial charge on any atom is 0.416 e. The predicted molar refractivity (Wildman–Crippen MR) is 74.5 cm³/mol. The van der Waals surface area contributed by atoms with Gasteiger partial charge < -0.3 is 5.73 Å². The maximum atomic E-state index is 12.7. The largest absolute Gasteiger partial charge is 0.416 e. The van der Waals surface area contributed by atoms with Gasteiger partial charge in [0.1, 0.15) is 0 Å². The molecule has 0 spiro atoms. The van der Waals surface area contributed by atoms with Crippen LogP contribution < -0.4 is 5.73 Å². The van der Waals surface area contributed by atoms with Crippen LogP contribution in [0.15, 0.2) is 42.5 Å². The highest BCUT2D eigenvalue weighted by Gasteiger charge is 2.30. The molecule has 1 unspecified atom stereocenters. The lowest BCUT2D eigenvalue weighted by Crippen LogP contribution is -2.06. The zero-order chi connectivity index (χ0) is 14.9. The lowest BCUT2D eigenvalue weighted by molar-refractivity contribution is -0.137. The van der Waals surface area contributed by atoms with Crippen LogP contribution in [0.3, 0.4) is 0 Å². The standard InChI is InChI=1S/C15H13ClF3N/c1-9(20)13-6-5-11(8-14(13)16)10-3-2-4-12(7-10)15(17,18)19/h2-9H,20H2,1H3. The number of nitrogens with two attached hydrogens (primary N) is 1. The second-order valence-corrected chi connectivity index (χ2v) is 5.01. The number of hydrogen-bond acceptors (Lipinski definition) is 1. The van der Waals surface area contributed by atoms with Crippen LogP contribution in [0, 0.1) is 0 Å². The highest BCUT2D eigenvalue weighted by Crippen LogP contribution is 2.33. The fourth-order valence-electron chi connectivity index (χ4n) is 1.95. The van der Waals surface area contributed by atoms with Gasteiger partial charge in [-0.1, -0.05) is 35.9 Å². The summed E-state index contributed by atoms with van der Waals surface area (Å²) in [6.45, 7) is 1.80. The van der Waals surface area contributed by atoms with Crippen molar-refractivity contribution in [3.63, 3.8) is 0 Å². The fraction of sp³-hybridized carbons (Fsp3) is 0.200. The van der Waals surface area contributed by atoms with E-state index in [4.69, 9.17) is 17.3 Å². The van der Waals surface area contributed by atoms with Gasteiger partial charge in [-0.15, -0.1) is 0 Å². The minimum absolute atomic E-state index is 0.224. The monoisotopic (exact) mass is 299 g/mol. The first-order valence-corrected chi connectivity index (χ1v) is 6.39. The maximum absolute atomic E-state index is 12.7. The molecule has 0 aromatic heterocycles.